The maximum Gasteiger partial charge on any atom is 0.322 e. The van der Waals surface area contributed by atoms with E-state index in [-0.39, 0.29) is 12.2 Å². The third kappa shape index (κ3) is 2.85. The first-order valence-corrected chi connectivity index (χ1v) is 7.46. The number of carboxylic acid groups (broad SMARTS) is 1. The first-order chi connectivity index (χ1) is 11.4. The van der Waals surface area contributed by atoms with Gasteiger partial charge in [0.15, 0.2) is 0 Å². The standard InChI is InChI=1S/C15H17N5O4/c1-9-5-12(20(23)24)4-3-11(9)6-18-8-14-17-16-10(2)19(14)7-13(18)15(21)22/h3-5,13H,6-8H2,1-2H3,(H,21,22). The van der Waals surface area contributed by atoms with Crippen molar-refractivity contribution in [1.82, 2.24) is 19.7 Å². The molecular formula is C15H17N5O4. The van der Waals surface area contributed by atoms with Crippen molar-refractivity contribution in [1.29, 1.82) is 0 Å². The van der Waals surface area contributed by atoms with E-state index in [1.54, 1.807) is 24.8 Å². The molecule has 0 spiro atoms. The predicted molar refractivity (Wildman–Crippen MR) is 83.3 cm³/mol. The molecule has 1 atom stereocenters. The van der Waals surface area contributed by atoms with Crippen molar-refractivity contribution < 1.29 is 14.8 Å². The Balaban J connectivity index is 1.88. The third-order valence-electron chi connectivity index (χ3n) is 4.35. The zero-order valence-electron chi connectivity index (χ0n) is 13.3. The van der Waals surface area contributed by atoms with Gasteiger partial charge in [-0.25, -0.2) is 0 Å². The summed E-state index contributed by atoms with van der Waals surface area (Å²) in [5.74, 6) is 0.514. The summed E-state index contributed by atoms with van der Waals surface area (Å²) in [6, 6.07) is 3.93. The van der Waals surface area contributed by atoms with E-state index in [4.69, 9.17) is 0 Å². The van der Waals surface area contributed by atoms with Gasteiger partial charge in [0.1, 0.15) is 17.7 Å². The minimum Gasteiger partial charge on any atom is -0.480 e. The highest BCUT2D eigenvalue weighted by Crippen LogP contribution is 2.23. The van der Waals surface area contributed by atoms with Crippen molar-refractivity contribution in [2.75, 3.05) is 0 Å². The molecule has 0 aliphatic carbocycles. The number of carboxylic acids is 1. The SMILES string of the molecule is Cc1cc([N+](=O)[O-])ccc1CN1Cc2nnc(C)n2CC1C(=O)O. The Morgan fingerprint density at radius 1 is 1.42 bits per heavy atom. The largest absolute Gasteiger partial charge is 0.480 e. The lowest BCUT2D eigenvalue weighted by atomic mass is 10.1. The smallest absolute Gasteiger partial charge is 0.322 e. The van der Waals surface area contributed by atoms with Gasteiger partial charge >= 0.3 is 5.97 Å². The fraction of sp³-hybridized carbons (Fsp3) is 0.400. The van der Waals surface area contributed by atoms with Gasteiger partial charge in [0.2, 0.25) is 0 Å². The van der Waals surface area contributed by atoms with Gasteiger partial charge in [0.05, 0.1) is 18.0 Å². The van der Waals surface area contributed by atoms with E-state index in [1.165, 1.54) is 12.1 Å². The van der Waals surface area contributed by atoms with Gasteiger partial charge in [0.25, 0.3) is 5.69 Å². The number of aromatic nitrogens is 3. The molecule has 1 aromatic carbocycles. The molecule has 2 heterocycles. The monoisotopic (exact) mass is 331 g/mol. The van der Waals surface area contributed by atoms with Crippen LogP contribution in [0.4, 0.5) is 5.69 Å². The van der Waals surface area contributed by atoms with Crippen molar-refractivity contribution in [3.8, 4) is 0 Å². The van der Waals surface area contributed by atoms with Crippen LogP contribution < -0.4 is 0 Å². The lowest BCUT2D eigenvalue weighted by Crippen LogP contribution is -2.47. The minimum absolute atomic E-state index is 0.0278. The summed E-state index contributed by atoms with van der Waals surface area (Å²) in [7, 11) is 0. The van der Waals surface area contributed by atoms with Crippen molar-refractivity contribution in [2.24, 2.45) is 0 Å². The van der Waals surface area contributed by atoms with Crippen molar-refractivity contribution >= 4 is 11.7 Å². The number of nitro benzene ring substituents is 1. The summed E-state index contributed by atoms with van der Waals surface area (Å²) in [5.41, 5.74) is 1.65. The number of hydrogen-bond donors (Lipinski definition) is 1. The molecule has 1 aliphatic heterocycles. The van der Waals surface area contributed by atoms with Crippen LogP contribution in [-0.2, 0) is 24.4 Å². The second-order valence-electron chi connectivity index (χ2n) is 5.90. The Hall–Kier alpha value is -2.81. The highest BCUT2D eigenvalue weighted by atomic mass is 16.6. The van der Waals surface area contributed by atoms with Crippen LogP contribution >= 0.6 is 0 Å². The number of nitrogens with zero attached hydrogens (tertiary/aromatic N) is 5. The molecule has 2 aromatic rings. The topological polar surface area (TPSA) is 114 Å². The van der Waals surface area contributed by atoms with Crippen molar-refractivity contribution in [3.63, 3.8) is 0 Å². The molecule has 0 radical (unpaired) electrons. The number of non-ortho nitro benzene ring substituents is 1. The summed E-state index contributed by atoms with van der Waals surface area (Å²) in [6.45, 7) is 4.62. The van der Waals surface area contributed by atoms with Gasteiger partial charge in [-0.05, 0) is 25.0 Å². The number of hydrogen-bond acceptors (Lipinski definition) is 6. The van der Waals surface area contributed by atoms with Gasteiger partial charge in [-0.3, -0.25) is 19.8 Å². The number of aryl methyl sites for hydroxylation is 2. The molecule has 0 saturated carbocycles. The second-order valence-corrected chi connectivity index (χ2v) is 5.90. The number of benzene rings is 1. The van der Waals surface area contributed by atoms with Crippen LogP contribution in [0.3, 0.4) is 0 Å². The summed E-state index contributed by atoms with van der Waals surface area (Å²) in [4.78, 5) is 23.8. The zero-order chi connectivity index (χ0) is 17.4. The molecule has 1 N–H and O–H groups in total. The molecule has 0 amide bonds. The maximum atomic E-state index is 11.6. The molecule has 0 fully saturated rings. The fourth-order valence-electron chi connectivity index (χ4n) is 2.95. The maximum absolute atomic E-state index is 11.6. The second kappa shape index (κ2) is 6.00. The van der Waals surface area contributed by atoms with Crippen LogP contribution in [0.5, 0.6) is 0 Å². The first-order valence-electron chi connectivity index (χ1n) is 7.46. The zero-order valence-corrected chi connectivity index (χ0v) is 13.3. The predicted octanol–water partition coefficient (Wildman–Crippen LogP) is 1.27. The molecule has 1 unspecified atom stereocenters. The highest BCUT2D eigenvalue weighted by Gasteiger charge is 2.33. The van der Waals surface area contributed by atoms with Crippen molar-refractivity contribution in [2.45, 2.75) is 39.5 Å². The average Bonchev–Trinajstić information content (AvgIpc) is 2.88. The number of fused-ring (bicyclic) bond motifs is 1. The normalized spacial score (nSPS) is 17.5. The molecule has 24 heavy (non-hydrogen) atoms. The Labute approximate surface area is 137 Å². The lowest BCUT2D eigenvalue weighted by molar-refractivity contribution is -0.384. The fourth-order valence-corrected chi connectivity index (χ4v) is 2.95. The van der Waals surface area contributed by atoms with E-state index in [2.05, 4.69) is 10.2 Å². The molecule has 3 rings (SSSR count). The summed E-state index contributed by atoms with van der Waals surface area (Å²) >= 11 is 0. The number of nitro groups is 1. The summed E-state index contributed by atoms with van der Waals surface area (Å²) in [5, 5.41) is 28.5. The van der Waals surface area contributed by atoms with E-state index in [1.807, 2.05) is 4.57 Å². The van der Waals surface area contributed by atoms with E-state index < -0.39 is 16.9 Å². The van der Waals surface area contributed by atoms with Crippen LogP contribution in [0.2, 0.25) is 0 Å². The molecule has 126 valence electrons. The van der Waals surface area contributed by atoms with Gasteiger partial charge < -0.3 is 9.67 Å². The van der Waals surface area contributed by atoms with E-state index in [9.17, 15) is 20.0 Å². The minimum atomic E-state index is -0.909. The Bertz CT molecular complexity index is 816. The van der Waals surface area contributed by atoms with Gasteiger partial charge in [-0.1, -0.05) is 6.07 Å². The molecule has 0 saturated heterocycles. The molecular weight excluding hydrogens is 314 g/mol. The lowest BCUT2D eigenvalue weighted by Gasteiger charge is -2.33. The number of carbonyl (C=O) groups is 1. The Morgan fingerprint density at radius 2 is 2.17 bits per heavy atom. The number of aliphatic carboxylic acids is 1. The van der Waals surface area contributed by atoms with Crippen molar-refractivity contribution in [3.05, 3.63) is 51.1 Å². The Morgan fingerprint density at radius 3 is 2.79 bits per heavy atom. The van der Waals surface area contributed by atoms with Crippen LogP contribution in [-0.4, -0.2) is 41.7 Å². The molecule has 0 bridgehead atoms. The van der Waals surface area contributed by atoms with E-state index >= 15 is 0 Å². The van der Waals surface area contributed by atoms with E-state index in [0.717, 1.165) is 17.0 Å². The molecule has 1 aromatic heterocycles. The van der Waals surface area contributed by atoms with Crippen LogP contribution in [0.25, 0.3) is 0 Å². The molecule has 9 heteroatoms. The van der Waals surface area contributed by atoms with Crippen LogP contribution in [0.1, 0.15) is 22.8 Å². The molecule has 1 aliphatic rings. The van der Waals surface area contributed by atoms with E-state index in [0.29, 0.717) is 18.9 Å². The molecule has 9 nitrogen and oxygen atoms in total. The Kier molecular flexibility index (Phi) is 4.02. The van der Waals surface area contributed by atoms with Gasteiger partial charge in [-0.15, -0.1) is 10.2 Å². The average molecular weight is 331 g/mol. The number of rotatable bonds is 4. The quantitative estimate of drug-likeness (QED) is 0.662. The highest BCUT2D eigenvalue weighted by molar-refractivity contribution is 5.73. The summed E-state index contributed by atoms with van der Waals surface area (Å²) < 4.78 is 1.82. The first kappa shape index (κ1) is 16.1. The summed E-state index contributed by atoms with van der Waals surface area (Å²) in [6.07, 6.45) is 0. The van der Waals surface area contributed by atoms with Crippen LogP contribution in [0, 0.1) is 24.0 Å². The third-order valence-corrected chi connectivity index (χ3v) is 4.35. The van der Waals surface area contributed by atoms with Gasteiger partial charge in [0, 0.05) is 18.7 Å². The van der Waals surface area contributed by atoms with Gasteiger partial charge in [-0.2, -0.15) is 0 Å². The van der Waals surface area contributed by atoms with Crippen LogP contribution in [0.15, 0.2) is 18.2 Å².